The smallest absolute Gasteiger partial charge is 0.336 e. The summed E-state index contributed by atoms with van der Waals surface area (Å²) in [4.78, 5) is 74.1. The number of thioether (sulfide) groups is 1. The number of hydrogen-bond acceptors (Lipinski definition) is 15. The topological polar surface area (TPSA) is 196 Å². The van der Waals surface area contributed by atoms with E-state index in [1.54, 1.807) is 38.1 Å². The van der Waals surface area contributed by atoms with Gasteiger partial charge in [0.25, 0.3) is 5.70 Å². The summed E-state index contributed by atoms with van der Waals surface area (Å²) in [7, 11) is 0. The molecule has 16 heteroatoms. The molecule has 0 amide bonds. The Morgan fingerprint density at radius 3 is 1.96 bits per heavy atom. The second-order valence-corrected chi connectivity index (χ2v) is 14.2. The van der Waals surface area contributed by atoms with Crippen molar-refractivity contribution in [3.8, 4) is 5.75 Å². The van der Waals surface area contributed by atoms with Crippen LogP contribution in [0.5, 0.6) is 5.75 Å². The van der Waals surface area contributed by atoms with Crippen LogP contribution in [-0.4, -0.2) is 76.8 Å². The molecule has 1 N–H and O–H groups in total. The van der Waals surface area contributed by atoms with Gasteiger partial charge in [0.15, 0.2) is 18.3 Å². The van der Waals surface area contributed by atoms with Crippen molar-refractivity contribution in [2.45, 2.75) is 95.7 Å². The van der Waals surface area contributed by atoms with Crippen molar-refractivity contribution in [3.05, 3.63) is 98.5 Å². The summed E-state index contributed by atoms with van der Waals surface area (Å²) in [6.45, 7) is 7.79. The zero-order valence-corrected chi connectivity index (χ0v) is 31.7. The number of carbonyl (C=O) groups is 5. The van der Waals surface area contributed by atoms with Gasteiger partial charge in [-0.25, -0.2) is 4.79 Å². The Kier molecular flexibility index (Phi) is 14.6. The van der Waals surface area contributed by atoms with E-state index in [4.69, 9.17) is 28.4 Å². The average Bonchev–Trinajstić information content (AvgIpc) is 3.10. The minimum Gasteiger partial charge on any atom is -0.489 e. The minimum atomic E-state index is -1.23. The average molecular weight is 769 g/mol. The Hall–Kier alpha value is -5.38. The van der Waals surface area contributed by atoms with Gasteiger partial charge in [0.1, 0.15) is 24.9 Å². The number of benzene rings is 2. The SMILES string of the molecule is CC(=O)OC[C@@H]1S[C@H](CCCOC(=O)C2=C(C)NC(C)=C([N+](=O)[O-])C2c2ccccc2OCc2ccccc2)[C@H](OC(C)=O)[C@@H](OC(C)=O)[C@@H]1OC(C)=O. The normalized spacial score (nSPS) is 22.3. The van der Waals surface area contributed by atoms with Gasteiger partial charge in [-0.05, 0) is 38.3 Å². The highest BCUT2D eigenvalue weighted by Crippen LogP contribution is 2.43. The second-order valence-electron chi connectivity index (χ2n) is 12.7. The molecule has 1 saturated heterocycles. The fraction of sp³-hybridized carbons (Fsp3) is 0.447. The van der Waals surface area contributed by atoms with Crippen LogP contribution < -0.4 is 10.1 Å². The van der Waals surface area contributed by atoms with Gasteiger partial charge in [0.05, 0.1) is 28.1 Å². The third kappa shape index (κ3) is 10.8. The van der Waals surface area contributed by atoms with Gasteiger partial charge in [0, 0.05) is 44.2 Å². The number of hydrogen-bond donors (Lipinski definition) is 1. The van der Waals surface area contributed by atoms with Crippen LogP contribution in [-0.2, 0) is 54.3 Å². The summed E-state index contributed by atoms with van der Waals surface area (Å²) in [6, 6.07) is 16.2. The van der Waals surface area contributed by atoms with Gasteiger partial charge in [-0.2, -0.15) is 0 Å². The number of dihydropyridines is 1. The molecule has 1 fully saturated rings. The number of allylic oxidation sites excluding steroid dienone is 3. The van der Waals surface area contributed by atoms with Gasteiger partial charge >= 0.3 is 29.8 Å². The van der Waals surface area contributed by atoms with E-state index in [2.05, 4.69) is 5.32 Å². The van der Waals surface area contributed by atoms with Gasteiger partial charge in [-0.3, -0.25) is 29.3 Å². The zero-order valence-electron chi connectivity index (χ0n) is 30.9. The molecule has 2 aromatic carbocycles. The largest absolute Gasteiger partial charge is 0.489 e. The molecule has 54 heavy (non-hydrogen) atoms. The molecular formula is C38H44N2O13S. The maximum atomic E-state index is 13.9. The lowest BCUT2D eigenvalue weighted by atomic mass is 9.83. The molecule has 15 nitrogen and oxygen atoms in total. The van der Waals surface area contributed by atoms with E-state index in [0.29, 0.717) is 17.0 Å². The molecule has 0 bridgehead atoms. The molecule has 6 atom stereocenters. The Bertz CT molecular complexity index is 1790. The molecule has 2 heterocycles. The van der Waals surface area contributed by atoms with E-state index in [1.165, 1.54) is 32.5 Å². The zero-order chi connectivity index (χ0) is 39.5. The molecule has 0 radical (unpaired) electrons. The molecular weight excluding hydrogens is 724 g/mol. The summed E-state index contributed by atoms with van der Waals surface area (Å²) >= 11 is 1.22. The summed E-state index contributed by atoms with van der Waals surface area (Å²) in [6.07, 6.45) is -2.97. The predicted molar refractivity (Wildman–Crippen MR) is 194 cm³/mol. The third-order valence-corrected chi connectivity index (χ3v) is 10.2. The summed E-state index contributed by atoms with van der Waals surface area (Å²) in [5.74, 6) is -4.22. The lowest BCUT2D eigenvalue weighted by Gasteiger charge is -2.44. The number of nitrogens with one attached hydrogen (secondary N) is 1. The molecule has 2 aliphatic rings. The third-order valence-electron chi connectivity index (χ3n) is 8.56. The molecule has 290 valence electrons. The first-order valence-electron chi connectivity index (χ1n) is 17.2. The quantitative estimate of drug-likeness (QED) is 0.0844. The number of para-hydroxylation sites is 1. The molecule has 2 aliphatic heterocycles. The summed E-state index contributed by atoms with van der Waals surface area (Å²) in [5, 5.41) is 14.2. The monoisotopic (exact) mass is 768 g/mol. The van der Waals surface area contributed by atoms with E-state index in [9.17, 15) is 34.1 Å². The molecule has 4 rings (SSSR count). The van der Waals surface area contributed by atoms with E-state index in [1.807, 2.05) is 30.3 Å². The van der Waals surface area contributed by atoms with Gasteiger partial charge in [-0.15, -0.1) is 11.8 Å². The number of carbonyl (C=O) groups excluding carboxylic acids is 5. The van der Waals surface area contributed by atoms with Crippen molar-refractivity contribution in [3.63, 3.8) is 0 Å². The number of ether oxygens (including phenoxy) is 6. The molecule has 2 aromatic rings. The molecule has 0 spiro atoms. The van der Waals surface area contributed by atoms with E-state index in [0.717, 1.165) is 12.5 Å². The molecule has 0 saturated carbocycles. The van der Waals surface area contributed by atoms with Crippen LogP contribution >= 0.6 is 11.8 Å². The van der Waals surface area contributed by atoms with Gasteiger partial charge in [0.2, 0.25) is 0 Å². The second kappa shape index (κ2) is 19.1. The minimum absolute atomic E-state index is 0.0356. The lowest BCUT2D eigenvalue weighted by Crippen LogP contribution is -2.58. The van der Waals surface area contributed by atoms with Crippen molar-refractivity contribution in [2.24, 2.45) is 0 Å². The van der Waals surface area contributed by atoms with Crippen molar-refractivity contribution in [1.29, 1.82) is 0 Å². The fourth-order valence-corrected chi connectivity index (χ4v) is 8.09. The number of esters is 5. The first-order valence-corrected chi connectivity index (χ1v) is 18.2. The summed E-state index contributed by atoms with van der Waals surface area (Å²) < 4.78 is 33.8. The lowest BCUT2D eigenvalue weighted by molar-refractivity contribution is -0.431. The van der Waals surface area contributed by atoms with E-state index in [-0.39, 0.29) is 49.6 Å². The van der Waals surface area contributed by atoms with Crippen LogP contribution in [0.25, 0.3) is 0 Å². The maximum absolute atomic E-state index is 13.9. The molecule has 1 unspecified atom stereocenters. The van der Waals surface area contributed by atoms with E-state index < -0.39 is 69.5 Å². The van der Waals surface area contributed by atoms with Crippen LogP contribution in [0.15, 0.2) is 77.3 Å². The van der Waals surface area contributed by atoms with Crippen LogP contribution in [0.4, 0.5) is 0 Å². The van der Waals surface area contributed by atoms with Crippen molar-refractivity contribution >= 4 is 41.6 Å². The Balaban J connectivity index is 1.56. The fourth-order valence-electron chi connectivity index (χ4n) is 6.46. The van der Waals surface area contributed by atoms with Crippen molar-refractivity contribution < 1.29 is 57.3 Å². The first kappa shape index (κ1) is 41.4. The first-order chi connectivity index (χ1) is 25.7. The van der Waals surface area contributed by atoms with Crippen LogP contribution in [0.1, 0.15) is 71.4 Å². The van der Waals surface area contributed by atoms with Gasteiger partial charge < -0.3 is 33.7 Å². The number of nitro groups is 1. The predicted octanol–water partition coefficient (Wildman–Crippen LogP) is 4.90. The Morgan fingerprint density at radius 1 is 0.759 bits per heavy atom. The highest BCUT2D eigenvalue weighted by atomic mass is 32.2. The van der Waals surface area contributed by atoms with Crippen LogP contribution in [0.3, 0.4) is 0 Å². The highest BCUT2D eigenvalue weighted by Gasteiger charge is 2.51. The molecule has 0 aromatic heterocycles. The summed E-state index contributed by atoms with van der Waals surface area (Å²) in [5.41, 5.74) is 1.74. The Labute approximate surface area is 316 Å². The highest BCUT2D eigenvalue weighted by molar-refractivity contribution is 8.00. The molecule has 0 aliphatic carbocycles. The Morgan fingerprint density at radius 2 is 1.35 bits per heavy atom. The van der Waals surface area contributed by atoms with Crippen molar-refractivity contribution in [1.82, 2.24) is 5.32 Å². The maximum Gasteiger partial charge on any atom is 0.336 e. The number of rotatable bonds is 15. The van der Waals surface area contributed by atoms with Crippen molar-refractivity contribution in [2.75, 3.05) is 13.2 Å². The van der Waals surface area contributed by atoms with Crippen LogP contribution in [0, 0.1) is 10.1 Å². The number of nitrogens with zero attached hydrogens (tertiary/aromatic N) is 1. The van der Waals surface area contributed by atoms with E-state index >= 15 is 0 Å². The van der Waals surface area contributed by atoms with Gasteiger partial charge in [-0.1, -0.05) is 48.5 Å². The standard InChI is InChI=1S/C38H44N2O13S/c1-21-32(33(34(40(46)47)22(2)39-21)28-15-10-11-16-29(28)50-19-27-13-8-7-9-14-27)38(45)48-18-12-17-30-35(51-24(4)42)37(53-26(6)44)36(52-25(5)43)31(54-30)20-49-23(3)41/h7-11,13-16,30-31,33,35-37,39H,12,17-20H2,1-6H3/t30-,31+,33?,35+,36-,37-/m1/s1. The van der Waals surface area contributed by atoms with Crippen LogP contribution in [0.2, 0.25) is 0 Å².